The van der Waals surface area contributed by atoms with Crippen molar-refractivity contribution in [2.75, 3.05) is 6.61 Å². The predicted molar refractivity (Wildman–Crippen MR) is 89.3 cm³/mol. The zero-order chi connectivity index (χ0) is 16.8. The summed E-state index contributed by atoms with van der Waals surface area (Å²) in [5.41, 5.74) is 12.5. The van der Waals surface area contributed by atoms with Gasteiger partial charge in [-0.3, -0.25) is 9.59 Å². The van der Waals surface area contributed by atoms with Gasteiger partial charge in [0.05, 0.1) is 6.61 Å². The highest BCUT2D eigenvalue weighted by molar-refractivity contribution is 6.08. The Bertz CT molecular complexity index is 694. The summed E-state index contributed by atoms with van der Waals surface area (Å²) >= 11 is 0. The molecule has 23 heavy (non-hydrogen) atoms. The molecule has 2 aromatic rings. The number of nitrogens with two attached hydrogens (primary N) is 2. The van der Waals surface area contributed by atoms with Gasteiger partial charge in [0.25, 0.3) is 0 Å². The van der Waals surface area contributed by atoms with E-state index in [1.807, 2.05) is 12.1 Å². The molecule has 0 aliphatic heterocycles. The highest BCUT2D eigenvalue weighted by Crippen LogP contribution is 2.35. The standard InChI is InChI=1S/C18H20N2O3/c1-2-3-11-23-15-10-5-4-7-12(15)16-13(17(19)21)8-6-9-14(16)18(20)22/h4-10H,2-3,11H2,1H3,(H2,19,21)(H2,20,22). The summed E-state index contributed by atoms with van der Waals surface area (Å²) in [6.45, 7) is 2.63. The Morgan fingerprint density at radius 3 is 2.13 bits per heavy atom. The van der Waals surface area contributed by atoms with Crippen molar-refractivity contribution in [1.29, 1.82) is 0 Å². The van der Waals surface area contributed by atoms with Crippen LogP contribution in [-0.4, -0.2) is 18.4 Å². The average Bonchev–Trinajstić information content (AvgIpc) is 2.54. The van der Waals surface area contributed by atoms with Crippen LogP contribution < -0.4 is 16.2 Å². The van der Waals surface area contributed by atoms with Crippen molar-refractivity contribution in [3.05, 3.63) is 53.6 Å². The molecule has 0 atom stereocenters. The second kappa shape index (κ2) is 7.45. The lowest BCUT2D eigenvalue weighted by atomic mass is 9.93. The first-order valence-corrected chi connectivity index (χ1v) is 7.51. The van der Waals surface area contributed by atoms with E-state index in [0.717, 1.165) is 12.8 Å². The molecule has 0 saturated carbocycles. The molecule has 120 valence electrons. The fourth-order valence-corrected chi connectivity index (χ4v) is 2.38. The molecule has 2 aromatic carbocycles. The van der Waals surface area contributed by atoms with Crippen molar-refractivity contribution in [3.8, 4) is 16.9 Å². The van der Waals surface area contributed by atoms with Crippen molar-refractivity contribution in [2.24, 2.45) is 11.5 Å². The van der Waals surface area contributed by atoms with Gasteiger partial charge < -0.3 is 16.2 Å². The molecule has 0 fully saturated rings. The largest absolute Gasteiger partial charge is 0.493 e. The van der Waals surface area contributed by atoms with Crippen LogP contribution in [0, 0.1) is 0 Å². The third-order valence-electron chi connectivity index (χ3n) is 3.51. The summed E-state index contributed by atoms with van der Waals surface area (Å²) in [4.78, 5) is 23.5. The Morgan fingerprint density at radius 2 is 1.57 bits per heavy atom. The van der Waals surface area contributed by atoms with Gasteiger partial charge in [-0.1, -0.05) is 37.6 Å². The van der Waals surface area contributed by atoms with E-state index in [2.05, 4.69) is 6.92 Å². The zero-order valence-corrected chi connectivity index (χ0v) is 13.0. The van der Waals surface area contributed by atoms with Gasteiger partial charge in [-0.05, 0) is 24.6 Å². The Labute approximate surface area is 135 Å². The van der Waals surface area contributed by atoms with Crippen LogP contribution in [0.5, 0.6) is 5.75 Å². The highest BCUT2D eigenvalue weighted by Gasteiger charge is 2.20. The van der Waals surface area contributed by atoms with E-state index in [0.29, 0.717) is 23.5 Å². The molecule has 0 saturated heterocycles. The highest BCUT2D eigenvalue weighted by atomic mass is 16.5. The topological polar surface area (TPSA) is 95.4 Å². The van der Waals surface area contributed by atoms with Crippen molar-refractivity contribution < 1.29 is 14.3 Å². The number of carbonyl (C=O) groups excluding carboxylic acids is 2. The maximum Gasteiger partial charge on any atom is 0.249 e. The maximum atomic E-state index is 11.8. The summed E-state index contributed by atoms with van der Waals surface area (Å²) in [7, 11) is 0. The number of benzene rings is 2. The minimum atomic E-state index is -0.619. The second-order valence-electron chi connectivity index (χ2n) is 5.15. The number of hydrogen-bond donors (Lipinski definition) is 2. The Kier molecular flexibility index (Phi) is 5.36. The van der Waals surface area contributed by atoms with Crippen LogP contribution in [0.25, 0.3) is 11.1 Å². The summed E-state index contributed by atoms with van der Waals surface area (Å²) < 4.78 is 5.80. The number of rotatable bonds is 7. The number of primary amides is 2. The number of unbranched alkanes of at least 4 members (excludes halogenated alkanes) is 1. The van der Waals surface area contributed by atoms with Crippen molar-refractivity contribution in [2.45, 2.75) is 19.8 Å². The molecular formula is C18H20N2O3. The summed E-state index contributed by atoms with van der Waals surface area (Å²) in [6, 6.07) is 12.0. The van der Waals surface area contributed by atoms with Crippen molar-refractivity contribution in [3.63, 3.8) is 0 Å². The molecule has 0 bridgehead atoms. The van der Waals surface area contributed by atoms with Crippen LogP contribution in [0.1, 0.15) is 40.5 Å². The molecule has 0 aromatic heterocycles. The van der Waals surface area contributed by atoms with E-state index < -0.39 is 11.8 Å². The third kappa shape index (κ3) is 3.69. The molecule has 0 spiro atoms. The summed E-state index contributed by atoms with van der Waals surface area (Å²) in [5.74, 6) is -0.643. The summed E-state index contributed by atoms with van der Waals surface area (Å²) in [6.07, 6.45) is 1.92. The number of carbonyl (C=O) groups is 2. The lowest BCUT2D eigenvalue weighted by Crippen LogP contribution is -2.18. The molecule has 0 heterocycles. The molecule has 2 amide bonds. The Balaban J connectivity index is 2.61. The van der Waals surface area contributed by atoms with Gasteiger partial charge in [0.15, 0.2) is 0 Å². The quantitative estimate of drug-likeness (QED) is 0.769. The molecule has 0 radical (unpaired) electrons. The first-order chi connectivity index (χ1) is 11.1. The van der Waals surface area contributed by atoms with Gasteiger partial charge in [0, 0.05) is 22.3 Å². The molecule has 0 aliphatic rings. The first kappa shape index (κ1) is 16.5. The molecular weight excluding hydrogens is 292 g/mol. The lowest BCUT2D eigenvalue weighted by molar-refractivity contribution is 0.0999. The molecule has 0 aliphatic carbocycles. The number of amides is 2. The van der Waals surface area contributed by atoms with Gasteiger partial charge >= 0.3 is 0 Å². The van der Waals surface area contributed by atoms with E-state index in [1.165, 1.54) is 0 Å². The smallest absolute Gasteiger partial charge is 0.249 e. The normalized spacial score (nSPS) is 10.3. The maximum absolute atomic E-state index is 11.8. The SMILES string of the molecule is CCCCOc1ccccc1-c1c(C(N)=O)cccc1C(N)=O. The van der Waals surface area contributed by atoms with E-state index in [-0.39, 0.29) is 11.1 Å². The first-order valence-electron chi connectivity index (χ1n) is 7.51. The van der Waals surface area contributed by atoms with Crippen LogP contribution >= 0.6 is 0 Å². The van der Waals surface area contributed by atoms with E-state index in [1.54, 1.807) is 30.3 Å². The third-order valence-corrected chi connectivity index (χ3v) is 3.51. The molecule has 5 nitrogen and oxygen atoms in total. The minimum absolute atomic E-state index is 0.243. The van der Waals surface area contributed by atoms with Crippen LogP contribution in [-0.2, 0) is 0 Å². The van der Waals surface area contributed by atoms with Crippen molar-refractivity contribution in [1.82, 2.24) is 0 Å². The number of hydrogen-bond acceptors (Lipinski definition) is 3. The zero-order valence-electron chi connectivity index (χ0n) is 13.0. The monoisotopic (exact) mass is 312 g/mol. The predicted octanol–water partition coefficient (Wildman–Crippen LogP) is 2.73. The minimum Gasteiger partial charge on any atom is -0.493 e. The van der Waals surface area contributed by atoms with Gasteiger partial charge in [0.1, 0.15) is 5.75 Å². The number of ether oxygens (including phenoxy) is 1. The van der Waals surface area contributed by atoms with Crippen molar-refractivity contribution >= 4 is 11.8 Å². The molecule has 0 unspecified atom stereocenters. The molecule has 2 rings (SSSR count). The second-order valence-corrected chi connectivity index (χ2v) is 5.15. The van der Waals surface area contributed by atoms with Gasteiger partial charge in [-0.15, -0.1) is 0 Å². The van der Waals surface area contributed by atoms with E-state index in [9.17, 15) is 9.59 Å². The average molecular weight is 312 g/mol. The molecule has 5 heteroatoms. The fourth-order valence-electron chi connectivity index (χ4n) is 2.38. The Hall–Kier alpha value is -2.82. The van der Waals surface area contributed by atoms with Gasteiger partial charge in [0.2, 0.25) is 11.8 Å². The van der Waals surface area contributed by atoms with Crippen LogP contribution in [0.4, 0.5) is 0 Å². The molecule has 4 N–H and O–H groups in total. The van der Waals surface area contributed by atoms with Crippen LogP contribution in [0.3, 0.4) is 0 Å². The Morgan fingerprint density at radius 1 is 0.957 bits per heavy atom. The van der Waals surface area contributed by atoms with E-state index in [4.69, 9.17) is 16.2 Å². The van der Waals surface area contributed by atoms with Crippen LogP contribution in [0.2, 0.25) is 0 Å². The number of para-hydroxylation sites is 1. The van der Waals surface area contributed by atoms with Gasteiger partial charge in [-0.25, -0.2) is 0 Å². The summed E-state index contributed by atoms with van der Waals surface area (Å²) in [5, 5.41) is 0. The van der Waals surface area contributed by atoms with Crippen LogP contribution in [0.15, 0.2) is 42.5 Å². The van der Waals surface area contributed by atoms with E-state index >= 15 is 0 Å². The fraction of sp³-hybridized carbons (Fsp3) is 0.222. The lowest BCUT2D eigenvalue weighted by Gasteiger charge is -2.16. The van der Waals surface area contributed by atoms with Gasteiger partial charge in [-0.2, -0.15) is 0 Å².